The molecule has 1 N–H and O–H groups in total. The molecular formula is C20H21ClN4O3S. The Bertz CT molecular complexity index is 1020. The van der Waals surface area contributed by atoms with Crippen LogP contribution in [0.15, 0.2) is 41.6 Å². The van der Waals surface area contributed by atoms with E-state index in [0.29, 0.717) is 27.4 Å². The number of hydrogen-bond donors (Lipinski definition) is 1. The first kappa shape index (κ1) is 21.0. The summed E-state index contributed by atoms with van der Waals surface area (Å²) in [6, 6.07) is 11.3. The molecule has 3 rings (SSSR count). The fourth-order valence-corrected chi connectivity index (χ4v) is 3.73. The molecule has 0 radical (unpaired) electrons. The molecule has 1 aromatic heterocycles. The lowest BCUT2D eigenvalue weighted by molar-refractivity contribution is -0.113. The van der Waals surface area contributed by atoms with Crippen LogP contribution in [0.25, 0.3) is 5.69 Å². The number of thioether (sulfide) groups is 1. The normalized spacial score (nSPS) is 10.7. The van der Waals surface area contributed by atoms with Gasteiger partial charge in [-0.05, 0) is 26.0 Å². The molecule has 0 spiro atoms. The average Bonchev–Trinajstić information content (AvgIpc) is 3.08. The highest BCUT2D eigenvalue weighted by atomic mass is 35.5. The van der Waals surface area contributed by atoms with Gasteiger partial charge >= 0.3 is 0 Å². The van der Waals surface area contributed by atoms with E-state index in [4.69, 9.17) is 21.1 Å². The zero-order valence-corrected chi connectivity index (χ0v) is 18.1. The molecule has 1 amide bonds. The number of nitrogens with zero attached hydrogens (tertiary/aromatic N) is 3. The van der Waals surface area contributed by atoms with Crippen molar-refractivity contribution in [2.45, 2.75) is 19.0 Å². The third-order valence-electron chi connectivity index (χ3n) is 4.17. The topological polar surface area (TPSA) is 78.3 Å². The molecule has 0 saturated heterocycles. The SMILES string of the molecule is COc1cc(NC(=O)CSc2nnc(C)n2-c2ccc(C)cc2)c(OC)cc1Cl. The summed E-state index contributed by atoms with van der Waals surface area (Å²) in [6.07, 6.45) is 0. The van der Waals surface area contributed by atoms with E-state index in [2.05, 4.69) is 15.5 Å². The lowest BCUT2D eigenvalue weighted by Crippen LogP contribution is -2.15. The highest BCUT2D eigenvalue weighted by Crippen LogP contribution is 2.36. The fraction of sp³-hybridized carbons (Fsp3) is 0.250. The van der Waals surface area contributed by atoms with Gasteiger partial charge in [0.25, 0.3) is 0 Å². The van der Waals surface area contributed by atoms with Crippen molar-refractivity contribution in [1.82, 2.24) is 14.8 Å². The summed E-state index contributed by atoms with van der Waals surface area (Å²) in [5, 5.41) is 12.2. The zero-order chi connectivity index (χ0) is 21.0. The Kier molecular flexibility index (Phi) is 6.66. The van der Waals surface area contributed by atoms with Crippen LogP contribution >= 0.6 is 23.4 Å². The van der Waals surface area contributed by atoms with Crippen LogP contribution in [0.5, 0.6) is 11.5 Å². The van der Waals surface area contributed by atoms with Gasteiger partial charge in [-0.25, -0.2) is 0 Å². The van der Waals surface area contributed by atoms with Crippen LogP contribution in [-0.4, -0.2) is 40.6 Å². The lowest BCUT2D eigenvalue weighted by atomic mass is 10.2. The number of carbonyl (C=O) groups excluding carboxylic acids is 1. The molecule has 0 aliphatic heterocycles. The number of benzene rings is 2. The predicted molar refractivity (Wildman–Crippen MR) is 115 cm³/mol. The highest BCUT2D eigenvalue weighted by Gasteiger charge is 2.16. The standard InChI is InChI=1S/C20H21ClN4O3S/c1-12-5-7-14(8-6-12)25-13(2)23-24-20(25)29-11-19(26)22-16-10-17(27-3)15(21)9-18(16)28-4/h5-10H,11H2,1-4H3,(H,22,26). The largest absolute Gasteiger partial charge is 0.495 e. The lowest BCUT2D eigenvalue weighted by Gasteiger charge is -2.13. The number of aryl methyl sites for hydroxylation is 2. The minimum absolute atomic E-state index is 0.151. The second-order valence-electron chi connectivity index (χ2n) is 6.22. The van der Waals surface area contributed by atoms with Crippen molar-refractivity contribution < 1.29 is 14.3 Å². The average molecular weight is 433 g/mol. The second-order valence-corrected chi connectivity index (χ2v) is 7.57. The number of ether oxygens (including phenoxy) is 2. The van der Waals surface area contributed by atoms with Gasteiger partial charge in [-0.2, -0.15) is 0 Å². The molecule has 29 heavy (non-hydrogen) atoms. The molecule has 0 unspecified atom stereocenters. The Morgan fingerprint density at radius 2 is 1.79 bits per heavy atom. The van der Waals surface area contributed by atoms with Gasteiger partial charge in [0.1, 0.15) is 17.3 Å². The van der Waals surface area contributed by atoms with Crippen molar-refractivity contribution >= 4 is 35.0 Å². The maximum Gasteiger partial charge on any atom is 0.234 e. The number of amides is 1. The van der Waals surface area contributed by atoms with Crippen LogP contribution in [-0.2, 0) is 4.79 Å². The van der Waals surface area contributed by atoms with E-state index in [-0.39, 0.29) is 11.7 Å². The summed E-state index contributed by atoms with van der Waals surface area (Å²) >= 11 is 7.41. The van der Waals surface area contributed by atoms with E-state index in [0.717, 1.165) is 11.5 Å². The molecule has 0 bridgehead atoms. The van der Waals surface area contributed by atoms with Crippen LogP contribution < -0.4 is 14.8 Å². The Morgan fingerprint density at radius 3 is 2.45 bits per heavy atom. The third kappa shape index (κ3) is 4.83. The molecule has 7 nitrogen and oxygen atoms in total. The predicted octanol–water partition coefficient (Wildman–Crippen LogP) is 4.29. The Balaban J connectivity index is 1.73. The van der Waals surface area contributed by atoms with Gasteiger partial charge in [0.05, 0.1) is 30.7 Å². The number of halogens is 1. The molecule has 2 aromatic carbocycles. The minimum Gasteiger partial charge on any atom is -0.495 e. The summed E-state index contributed by atoms with van der Waals surface area (Å²) in [4.78, 5) is 12.5. The van der Waals surface area contributed by atoms with Crippen molar-refractivity contribution in [3.8, 4) is 17.2 Å². The summed E-state index contributed by atoms with van der Waals surface area (Å²) < 4.78 is 12.4. The van der Waals surface area contributed by atoms with Crippen molar-refractivity contribution in [2.75, 3.05) is 25.3 Å². The zero-order valence-electron chi connectivity index (χ0n) is 16.5. The first-order valence-electron chi connectivity index (χ1n) is 8.76. The van der Waals surface area contributed by atoms with Crippen molar-refractivity contribution in [1.29, 1.82) is 0 Å². The molecule has 0 fully saturated rings. The van der Waals surface area contributed by atoms with Crippen LogP contribution in [0, 0.1) is 13.8 Å². The Labute approximate surface area is 178 Å². The molecule has 0 aliphatic carbocycles. The summed E-state index contributed by atoms with van der Waals surface area (Å²) in [7, 11) is 3.02. The number of anilines is 1. The van der Waals surface area contributed by atoms with E-state index in [1.54, 1.807) is 12.1 Å². The number of nitrogens with one attached hydrogen (secondary N) is 1. The Hall–Kier alpha value is -2.71. The maximum atomic E-state index is 12.5. The van der Waals surface area contributed by atoms with Gasteiger partial charge < -0.3 is 14.8 Å². The van der Waals surface area contributed by atoms with E-state index in [1.807, 2.05) is 42.7 Å². The van der Waals surface area contributed by atoms with E-state index in [9.17, 15) is 4.79 Å². The van der Waals surface area contributed by atoms with Crippen molar-refractivity contribution in [3.63, 3.8) is 0 Å². The number of rotatable bonds is 7. The van der Waals surface area contributed by atoms with Gasteiger partial charge in [-0.15, -0.1) is 10.2 Å². The molecule has 3 aromatic rings. The first-order chi connectivity index (χ1) is 13.9. The first-order valence-corrected chi connectivity index (χ1v) is 10.1. The number of aromatic nitrogens is 3. The van der Waals surface area contributed by atoms with Gasteiger partial charge in [0.2, 0.25) is 5.91 Å². The minimum atomic E-state index is -0.214. The summed E-state index contributed by atoms with van der Waals surface area (Å²) in [5.41, 5.74) is 2.60. The van der Waals surface area contributed by atoms with Crippen molar-refractivity contribution in [3.05, 3.63) is 52.8 Å². The second kappa shape index (κ2) is 9.19. The smallest absolute Gasteiger partial charge is 0.234 e. The van der Waals surface area contributed by atoms with Crippen LogP contribution in [0.3, 0.4) is 0 Å². The van der Waals surface area contributed by atoms with Gasteiger partial charge in [-0.3, -0.25) is 9.36 Å². The summed E-state index contributed by atoms with van der Waals surface area (Å²) in [6.45, 7) is 3.91. The van der Waals surface area contributed by atoms with E-state index in [1.165, 1.54) is 31.5 Å². The van der Waals surface area contributed by atoms with Gasteiger partial charge in [0.15, 0.2) is 5.16 Å². The number of hydrogen-bond acceptors (Lipinski definition) is 6. The molecule has 9 heteroatoms. The summed E-state index contributed by atoms with van der Waals surface area (Å²) in [5.74, 6) is 1.59. The van der Waals surface area contributed by atoms with Crippen LogP contribution in [0.2, 0.25) is 5.02 Å². The van der Waals surface area contributed by atoms with Crippen LogP contribution in [0.1, 0.15) is 11.4 Å². The molecule has 1 heterocycles. The fourth-order valence-electron chi connectivity index (χ4n) is 2.70. The highest BCUT2D eigenvalue weighted by molar-refractivity contribution is 7.99. The number of carbonyl (C=O) groups is 1. The quantitative estimate of drug-likeness (QED) is 0.561. The van der Waals surface area contributed by atoms with E-state index >= 15 is 0 Å². The molecule has 0 saturated carbocycles. The molecule has 0 atom stereocenters. The number of methoxy groups -OCH3 is 2. The van der Waals surface area contributed by atoms with Crippen molar-refractivity contribution in [2.24, 2.45) is 0 Å². The Morgan fingerprint density at radius 1 is 1.10 bits per heavy atom. The van der Waals surface area contributed by atoms with Gasteiger partial charge in [-0.1, -0.05) is 41.1 Å². The third-order valence-corrected chi connectivity index (χ3v) is 5.39. The van der Waals surface area contributed by atoms with E-state index < -0.39 is 0 Å². The maximum absolute atomic E-state index is 12.5. The van der Waals surface area contributed by atoms with Gasteiger partial charge in [0, 0.05) is 17.8 Å². The molecule has 0 aliphatic rings. The molecular weight excluding hydrogens is 412 g/mol. The monoisotopic (exact) mass is 432 g/mol. The molecule has 152 valence electrons. The van der Waals surface area contributed by atoms with Crippen LogP contribution in [0.4, 0.5) is 5.69 Å².